The summed E-state index contributed by atoms with van der Waals surface area (Å²) in [6.45, 7) is 2.17. The van der Waals surface area contributed by atoms with Gasteiger partial charge in [0.25, 0.3) is 0 Å². The lowest BCUT2D eigenvalue weighted by molar-refractivity contribution is 0.174. The molecule has 106 valence electrons. The van der Waals surface area contributed by atoms with Gasteiger partial charge in [0, 0.05) is 6.20 Å². The highest BCUT2D eigenvalue weighted by Crippen LogP contribution is 2.42. The van der Waals surface area contributed by atoms with Gasteiger partial charge in [0.1, 0.15) is 0 Å². The summed E-state index contributed by atoms with van der Waals surface area (Å²) >= 11 is 1.53. The SMILES string of the molecule is Cc1ncc(-c2onc(N)c2-c2ccc3c(c2)OCO3)s1. The second kappa shape index (κ2) is 4.49. The summed E-state index contributed by atoms with van der Waals surface area (Å²) in [5.74, 6) is 2.38. The Bertz CT molecular complexity index is 825. The van der Waals surface area contributed by atoms with Crippen LogP contribution in [-0.4, -0.2) is 16.9 Å². The van der Waals surface area contributed by atoms with E-state index >= 15 is 0 Å². The lowest BCUT2D eigenvalue weighted by Gasteiger charge is -2.03. The van der Waals surface area contributed by atoms with Crippen molar-refractivity contribution in [2.75, 3.05) is 12.5 Å². The van der Waals surface area contributed by atoms with Crippen LogP contribution in [0.25, 0.3) is 21.8 Å². The Balaban J connectivity index is 1.87. The standard InChI is InChI=1S/C14H11N3O3S/c1-7-16-5-11(21-7)13-12(14(15)17-20-13)8-2-3-9-10(4-8)19-6-18-9/h2-5H,6H2,1H3,(H2,15,17). The van der Waals surface area contributed by atoms with E-state index in [1.807, 2.05) is 25.1 Å². The lowest BCUT2D eigenvalue weighted by atomic mass is 10.0. The summed E-state index contributed by atoms with van der Waals surface area (Å²) in [6.07, 6.45) is 1.76. The number of hydrogen-bond donors (Lipinski definition) is 1. The first-order valence-corrected chi connectivity index (χ1v) is 7.12. The molecule has 6 nitrogen and oxygen atoms in total. The van der Waals surface area contributed by atoms with Gasteiger partial charge in [0.2, 0.25) is 6.79 Å². The van der Waals surface area contributed by atoms with Crippen molar-refractivity contribution < 1.29 is 14.0 Å². The Morgan fingerprint density at radius 3 is 2.90 bits per heavy atom. The number of aromatic nitrogens is 2. The molecule has 0 saturated heterocycles. The molecule has 0 amide bonds. The average molecular weight is 301 g/mol. The fourth-order valence-electron chi connectivity index (χ4n) is 2.27. The molecule has 0 spiro atoms. The maximum atomic E-state index is 5.97. The lowest BCUT2D eigenvalue weighted by Crippen LogP contribution is -1.92. The van der Waals surface area contributed by atoms with Crippen molar-refractivity contribution in [1.82, 2.24) is 10.1 Å². The van der Waals surface area contributed by atoms with Crippen LogP contribution in [0.1, 0.15) is 5.01 Å². The quantitative estimate of drug-likeness (QED) is 0.783. The molecule has 0 bridgehead atoms. The van der Waals surface area contributed by atoms with Crippen molar-refractivity contribution >= 4 is 17.2 Å². The molecular formula is C14H11N3O3S. The fraction of sp³-hybridized carbons (Fsp3) is 0.143. The molecule has 0 radical (unpaired) electrons. The number of nitrogens with two attached hydrogens (primary N) is 1. The number of ether oxygens (including phenoxy) is 2. The Morgan fingerprint density at radius 2 is 2.10 bits per heavy atom. The fourth-order valence-corrected chi connectivity index (χ4v) is 3.03. The predicted octanol–water partition coefficient (Wildman–Crippen LogP) is 3.08. The molecular weight excluding hydrogens is 290 g/mol. The maximum absolute atomic E-state index is 5.97. The first-order chi connectivity index (χ1) is 10.2. The minimum atomic E-state index is 0.235. The zero-order valence-electron chi connectivity index (χ0n) is 11.1. The molecule has 2 N–H and O–H groups in total. The molecule has 1 aliphatic rings. The van der Waals surface area contributed by atoms with E-state index in [1.54, 1.807) is 6.20 Å². The summed E-state index contributed by atoms with van der Waals surface area (Å²) in [5, 5.41) is 4.84. The third kappa shape index (κ3) is 1.93. The van der Waals surface area contributed by atoms with Crippen LogP contribution in [-0.2, 0) is 0 Å². The molecule has 21 heavy (non-hydrogen) atoms. The van der Waals surface area contributed by atoms with Crippen LogP contribution in [0.4, 0.5) is 5.82 Å². The van der Waals surface area contributed by atoms with E-state index in [0.717, 1.165) is 26.8 Å². The molecule has 7 heteroatoms. The molecule has 1 aliphatic heterocycles. The molecule has 2 aromatic heterocycles. The highest BCUT2D eigenvalue weighted by atomic mass is 32.1. The molecule has 1 aromatic carbocycles. The zero-order valence-corrected chi connectivity index (χ0v) is 11.9. The molecule has 0 aliphatic carbocycles. The Hall–Kier alpha value is -2.54. The third-order valence-electron chi connectivity index (χ3n) is 3.22. The van der Waals surface area contributed by atoms with Crippen LogP contribution in [0.2, 0.25) is 0 Å². The number of thiazole rings is 1. The van der Waals surface area contributed by atoms with Crippen molar-refractivity contribution in [2.24, 2.45) is 0 Å². The van der Waals surface area contributed by atoms with Crippen LogP contribution < -0.4 is 15.2 Å². The average Bonchev–Trinajstić information content (AvgIpc) is 3.17. The molecule has 0 atom stereocenters. The number of rotatable bonds is 2. The van der Waals surface area contributed by atoms with Crippen LogP contribution in [0.3, 0.4) is 0 Å². The summed E-state index contributed by atoms with van der Waals surface area (Å²) in [7, 11) is 0. The van der Waals surface area contributed by atoms with Gasteiger partial charge in [-0.25, -0.2) is 4.98 Å². The summed E-state index contributed by atoms with van der Waals surface area (Å²) in [4.78, 5) is 5.13. The number of anilines is 1. The van der Waals surface area contributed by atoms with Crippen LogP contribution in [0.5, 0.6) is 11.5 Å². The van der Waals surface area contributed by atoms with Gasteiger partial charge in [-0.05, 0) is 24.6 Å². The van der Waals surface area contributed by atoms with Crippen molar-refractivity contribution in [3.8, 4) is 33.3 Å². The van der Waals surface area contributed by atoms with Crippen LogP contribution in [0, 0.1) is 6.92 Å². The van der Waals surface area contributed by atoms with Gasteiger partial charge in [0.05, 0.1) is 15.4 Å². The molecule has 4 rings (SSSR count). The maximum Gasteiger partial charge on any atom is 0.231 e. The van der Waals surface area contributed by atoms with Gasteiger partial charge in [-0.1, -0.05) is 11.2 Å². The Kier molecular flexibility index (Phi) is 2.61. The second-order valence-corrected chi connectivity index (χ2v) is 5.82. The number of nitrogen functional groups attached to an aromatic ring is 1. The smallest absolute Gasteiger partial charge is 0.231 e. The van der Waals surface area contributed by atoms with Gasteiger partial charge >= 0.3 is 0 Å². The highest BCUT2D eigenvalue weighted by molar-refractivity contribution is 7.15. The molecule has 0 fully saturated rings. The molecule has 3 aromatic rings. The number of fused-ring (bicyclic) bond motifs is 1. The van der Waals surface area contributed by atoms with Gasteiger partial charge in [-0.15, -0.1) is 11.3 Å². The number of hydrogen-bond acceptors (Lipinski definition) is 7. The first kappa shape index (κ1) is 12.2. The Morgan fingerprint density at radius 1 is 1.24 bits per heavy atom. The van der Waals surface area contributed by atoms with Crippen LogP contribution >= 0.6 is 11.3 Å². The van der Waals surface area contributed by atoms with Crippen LogP contribution in [0.15, 0.2) is 28.9 Å². The van der Waals surface area contributed by atoms with E-state index < -0.39 is 0 Å². The highest BCUT2D eigenvalue weighted by Gasteiger charge is 2.22. The van der Waals surface area contributed by atoms with Gasteiger partial charge < -0.3 is 19.7 Å². The topological polar surface area (TPSA) is 83.4 Å². The van der Waals surface area contributed by atoms with Crippen molar-refractivity contribution in [3.63, 3.8) is 0 Å². The van der Waals surface area contributed by atoms with E-state index in [0.29, 0.717) is 17.3 Å². The number of benzene rings is 1. The minimum Gasteiger partial charge on any atom is -0.454 e. The third-order valence-corrected chi connectivity index (χ3v) is 4.14. The molecule has 3 heterocycles. The van der Waals surface area contributed by atoms with Crippen molar-refractivity contribution in [2.45, 2.75) is 6.92 Å². The van der Waals surface area contributed by atoms with Gasteiger partial charge in [-0.3, -0.25) is 0 Å². The van der Waals surface area contributed by atoms with Crippen molar-refractivity contribution in [3.05, 3.63) is 29.4 Å². The second-order valence-electron chi connectivity index (χ2n) is 4.58. The first-order valence-electron chi connectivity index (χ1n) is 6.30. The summed E-state index contributed by atoms with van der Waals surface area (Å²) in [6, 6.07) is 5.64. The van der Waals surface area contributed by atoms with E-state index in [9.17, 15) is 0 Å². The van der Waals surface area contributed by atoms with E-state index in [1.165, 1.54) is 11.3 Å². The normalized spacial score (nSPS) is 12.8. The zero-order chi connectivity index (χ0) is 14.4. The predicted molar refractivity (Wildman–Crippen MR) is 78.3 cm³/mol. The Labute approximate surface area is 124 Å². The number of nitrogens with zero attached hydrogens (tertiary/aromatic N) is 2. The van der Waals surface area contributed by atoms with Gasteiger partial charge in [-0.2, -0.15) is 0 Å². The van der Waals surface area contributed by atoms with Crippen molar-refractivity contribution in [1.29, 1.82) is 0 Å². The van der Waals surface area contributed by atoms with E-state index in [-0.39, 0.29) is 6.79 Å². The van der Waals surface area contributed by atoms with E-state index in [2.05, 4.69) is 10.1 Å². The summed E-state index contributed by atoms with van der Waals surface area (Å²) in [5.41, 5.74) is 7.59. The number of aryl methyl sites for hydroxylation is 1. The largest absolute Gasteiger partial charge is 0.454 e. The monoisotopic (exact) mass is 301 g/mol. The molecule has 0 unspecified atom stereocenters. The summed E-state index contributed by atoms with van der Waals surface area (Å²) < 4.78 is 16.1. The van der Waals surface area contributed by atoms with Gasteiger partial charge in [0.15, 0.2) is 23.1 Å². The minimum absolute atomic E-state index is 0.235. The molecule has 0 saturated carbocycles. The van der Waals surface area contributed by atoms with E-state index in [4.69, 9.17) is 19.7 Å².